The summed E-state index contributed by atoms with van der Waals surface area (Å²) in [7, 11) is 5.90. The predicted molar refractivity (Wildman–Crippen MR) is 315 cm³/mol. The Morgan fingerprint density at radius 1 is 0.400 bits per heavy atom. The molecule has 0 saturated carbocycles. The van der Waals surface area contributed by atoms with Gasteiger partial charge < -0.3 is 33.3 Å². The van der Waals surface area contributed by atoms with Crippen molar-refractivity contribution in [2.45, 2.75) is 219 Å². The number of quaternary nitrogens is 1. The van der Waals surface area contributed by atoms with Crippen LogP contribution in [0.5, 0.6) is 0 Å². The summed E-state index contributed by atoms with van der Waals surface area (Å²) < 4.78 is 22.7. The third-order valence-corrected chi connectivity index (χ3v) is 11.9. The quantitative estimate of drug-likeness (QED) is 0.0195. The van der Waals surface area contributed by atoms with Gasteiger partial charge in [0.15, 0.2) is 12.4 Å². The van der Waals surface area contributed by atoms with Crippen molar-refractivity contribution in [3.8, 4) is 0 Å². The van der Waals surface area contributed by atoms with Crippen molar-refractivity contribution in [2.24, 2.45) is 0 Å². The van der Waals surface area contributed by atoms with Gasteiger partial charge in [0, 0.05) is 12.8 Å². The van der Waals surface area contributed by atoms with Crippen LogP contribution in [0.15, 0.2) is 134 Å². The second-order valence-electron chi connectivity index (χ2n) is 20.2. The number of carbonyl (C=O) groups is 3. The molecule has 75 heavy (non-hydrogen) atoms. The molecular formula is C66H107NO8. The van der Waals surface area contributed by atoms with Crippen LogP contribution in [0.25, 0.3) is 0 Å². The maximum atomic E-state index is 12.9. The number of carbonyl (C=O) groups excluding carboxylic acids is 3. The zero-order valence-corrected chi connectivity index (χ0v) is 48.1. The Morgan fingerprint density at radius 2 is 0.720 bits per heavy atom. The molecule has 0 amide bonds. The third-order valence-electron chi connectivity index (χ3n) is 11.9. The average Bonchev–Trinajstić information content (AvgIpc) is 3.38. The van der Waals surface area contributed by atoms with E-state index >= 15 is 0 Å². The Hall–Kier alpha value is -4.57. The lowest BCUT2D eigenvalue weighted by Gasteiger charge is -2.26. The van der Waals surface area contributed by atoms with Gasteiger partial charge in [0.1, 0.15) is 13.2 Å². The van der Waals surface area contributed by atoms with Gasteiger partial charge in [0.05, 0.1) is 40.3 Å². The number of carboxylic acids is 1. The Morgan fingerprint density at radius 3 is 1.08 bits per heavy atom. The van der Waals surface area contributed by atoms with Crippen molar-refractivity contribution in [2.75, 3.05) is 47.5 Å². The molecule has 9 heteroatoms. The standard InChI is InChI=1S/C66H107NO8/c1-6-8-10-12-14-16-18-20-22-24-26-28-30-32-34-36-38-40-42-44-46-48-50-52-54-56-63(68)73-60-62(61-74-66(65(70)71)72-59-58-67(3,4)5)75-64(69)57-55-53-51-49-47-45-43-41-39-37-35-33-31-29-27-25-23-21-19-17-15-13-11-9-7-2/h8-11,14-17,20-23,26-29,33,35,39,41,45,47,62,66H,6-7,12-13,18-19,24-25,30-32,34,36-38,40,42-44,46,48-61H2,1-5H3/b10-8-,11-9-,16-14-,17-15-,22-20-,23-21-,28-26-,29-27-,35-33-,41-39-,47-45-. The van der Waals surface area contributed by atoms with Crippen molar-refractivity contribution in [1.82, 2.24) is 0 Å². The number of aliphatic carboxylic acids is 1. The fourth-order valence-corrected chi connectivity index (χ4v) is 7.45. The van der Waals surface area contributed by atoms with E-state index in [-0.39, 0.29) is 38.6 Å². The molecule has 2 atom stereocenters. The zero-order valence-electron chi connectivity index (χ0n) is 48.1. The third kappa shape index (κ3) is 57.0. The zero-order chi connectivity index (χ0) is 54.8. The summed E-state index contributed by atoms with van der Waals surface area (Å²) in [5, 5.41) is 11.8. The maximum absolute atomic E-state index is 12.9. The van der Waals surface area contributed by atoms with Gasteiger partial charge in [-0.3, -0.25) is 9.59 Å². The molecule has 0 N–H and O–H groups in total. The van der Waals surface area contributed by atoms with Gasteiger partial charge in [-0.15, -0.1) is 0 Å². The summed E-state index contributed by atoms with van der Waals surface area (Å²) in [6, 6.07) is 0. The minimum Gasteiger partial charge on any atom is -0.545 e. The molecule has 0 rings (SSSR count). The average molecular weight is 1040 g/mol. The lowest BCUT2D eigenvalue weighted by molar-refractivity contribution is -0.870. The smallest absolute Gasteiger partial charge is 0.306 e. The van der Waals surface area contributed by atoms with E-state index in [2.05, 4.69) is 148 Å². The highest BCUT2D eigenvalue weighted by Crippen LogP contribution is 2.15. The van der Waals surface area contributed by atoms with Gasteiger partial charge in [-0.2, -0.15) is 0 Å². The summed E-state index contributed by atoms with van der Waals surface area (Å²) in [5.74, 6) is -2.35. The fraction of sp³-hybridized carbons (Fsp3) is 0.621. The van der Waals surface area contributed by atoms with Crippen molar-refractivity contribution in [3.63, 3.8) is 0 Å². The highest BCUT2D eigenvalue weighted by Gasteiger charge is 2.22. The van der Waals surface area contributed by atoms with Gasteiger partial charge in [-0.1, -0.05) is 218 Å². The molecule has 0 fully saturated rings. The molecule has 0 bridgehead atoms. The molecule has 424 valence electrons. The molecule has 0 aromatic rings. The highest BCUT2D eigenvalue weighted by molar-refractivity contribution is 5.70. The summed E-state index contributed by atoms with van der Waals surface area (Å²) in [4.78, 5) is 37.3. The second-order valence-corrected chi connectivity index (χ2v) is 20.2. The van der Waals surface area contributed by atoms with Crippen molar-refractivity contribution in [3.05, 3.63) is 134 Å². The summed E-state index contributed by atoms with van der Waals surface area (Å²) in [5.41, 5.74) is 0. The number of unbranched alkanes of at least 4 members (excludes halogenated alkanes) is 15. The molecule has 0 heterocycles. The van der Waals surface area contributed by atoms with Crippen LogP contribution < -0.4 is 5.11 Å². The van der Waals surface area contributed by atoms with Gasteiger partial charge in [0.25, 0.3) is 0 Å². The van der Waals surface area contributed by atoms with E-state index in [1.165, 1.54) is 57.8 Å². The monoisotopic (exact) mass is 1040 g/mol. The van der Waals surface area contributed by atoms with Gasteiger partial charge in [-0.05, 0) is 109 Å². The van der Waals surface area contributed by atoms with Crippen LogP contribution in [-0.4, -0.2) is 82.3 Å². The molecular weight excluding hydrogens is 935 g/mol. The number of allylic oxidation sites excluding steroid dienone is 22. The first-order valence-corrected chi connectivity index (χ1v) is 29.3. The molecule has 9 nitrogen and oxygen atoms in total. The van der Waals surface area contributed by atoms with E-state index in [4.69, 9.17) is 18.9 Å². The van der Waals surface area contributed by atoms with Gasteiger partial charge >= 0.3 is 11.9 Å². The maximum Gasteiger partial charge on any atom is 0.306 e. The van der Waals surface area contributed by atoms with E-state index in [0.29, 0.717) is 17.4 Å². The number of hydrogen-bond donors (Lipinski definition) is 0. The van der Waals surface area contributed by atoms with Crippen LogP contribution in [-0.2, 0) is 33.3 Å². The van der Waals surface area contributed by atoms with Crippen LogP contribution in [0.4, 0.5) is 0 Å². The molecule has 0 aromatic heterocycles. The van der Waals surface area contributed by atoms with Crippen LogP contribution in [0.2, 0.25) is 0 Å². The van der Waals surface area contributed by atoms with E-state index in [1.807, 2.05) is 21.1 Å². The summed E-state index contributed by atoms with van der Waals surface area (Å²) >= 11 is 0. The van der Waals surface area contributed by atoms with E-state index in [0.717, 1.165) is 116 Å². The normalized spacial score (nSPS) is 13.8. The second kappa shape index (κ2) is 55.7. The van der Waals surface area contributed by atoms with Crippen molar-refractivity contribution < 1.29 is 42.9 Å². The van der Waals surface area contributed by atoms with E-state index in [9.17, 15) is 19.5 Å². The van der Waals surface area contributed by atoms with Crippen LogP contribution in [0, 0.1) is 0 Å². The highest BCUT2D eigenvalue weighted by atomic mass is 16.7. The van der Waals surface area contributed by atoms with E-state index in [1.54, 1.807) is 0 Å². The van der Waals surface area contributed by atoms with Crippen molar-refractivity contribution in [1.29, 1.82) is 0 Å². The largest absolute Gasteiger partial charge is 0.545 e. The van der Waals surface area contributed by atoms with Gasteiger partial charge in [0.2, 0.25) is 0 Å². The SMILES string of the molecule is CC/C=C\C/C=C\C/C=C\C/C=C\C/C=C\C/C=C\C/C=C\CCCCCC(=O)OC(COC(=O)CCCCCCCCCCCCCC/C=C\C/C=C\C/C=C\C/C=C\CC)COC(OCC[N+](C)(C)C)C(=O)[O-]. The molecule has 2 unspecified atom stereocenters. The van der Waals surface area contributed by atoms with Crippen molar-refractivity contribution >= 4 is 17.9 Å². The molecule has 0 saturated heterocycles. The molecule has 0 spiro atoms. The predicted octanol–water partition coefficient (Wildman–Crippen LogP) is 16.1. The number of rotatable bonds is 52. The summed E-state index contributed by atoms with van der Waals surface area (Å²) in [6.45, 7) is 4.46. The number of ether oxygens (including phenoxy) is 4. The van der Waals surface area contributed by atoms with Crippen LogP contribution >= 0.6 is 0 Å². The Bertz CT molecular complexity index is 1690. The molecule has 0 aliphatic rings. The van der Waals surface area contributed by atoms with Gasteiger partial charge in [-0.25, -0.2) is 0 Å². The molecule has 0 aromatic carbocycles. The van der Waals surface area contributed by atoms with Crippen LogP contribution in [0.3, 0.4) is 0 Å². The first-order chi connectivity index (χ1) is 36.6. The number of esters is 2. The first-order valence-electron chi connectivity index (χ1n) is 29.3. The number of likely N-dealkylation sites (N-methyl/N-ethyl adjacent to an activating group) is 1. The first kappa shape index (κ1) is 70.4. The summed E-state index contributed by atoms with van der Waals surface area (Å²) in [6.07, 6.45) is 76.4. The number of hydrogen-bond acceptors (Lipinski definition) is 8. The Labute approximate surface area is 459 Å². The number of nitrogens with zero attached hydrogens (tertiary/aromatic N) is 1. The minimum absolute atomic E-state index is 0.133. The molecule has 0 aliphatic carbocycles. The Balaban J connectivity index is 4.35. The lowest BCUT2D eigenvalue weighted by atomic mass is 10.0. The molecule has 0 radical (unpaired) electrons. The number of carboxylic acid groups (broad SMARTS) is 1. The fourth-order valence-electron chi connectivity index (χ4n) is 7.45. The topological polar surface area (TPSA) is 111 Å². The molecule has 0 aliphatic heterocycles. The van der Waals surface area contributed by atoms with Crippen LogP contribution in [0.1, 0.15) is 206 Å². The Kier molecular flexibility index (Phi) is 52.3. The minimum atomic E-state index is -1.64. The lowest BCUT2D eigenvalue weighted by Crippen LogP contribution is -2.44. The van der Waals surface area contributed by atoms with E-state index < -0.39 is 24.3 Å².